The second-order valence-corrected chi connectivity index (χ2v) is 2.69. The molecule has 0 saturated heterocycles. The number of rotatable bonds is 1. The molecule has 0 aliphatic carbocycles. The quantitative estimate of drug-likeness (QED) is 0.578. The van der Waals surface area contributed by atoms with E-state index in [9.17, 15) is 10.1 Å². The Bertz CT molecular complexity index is 319. The fourth-order valence-electron chi connectivity index (χ4n) is 0.563. The van der Waals surface area contributed by atoms with E-state index < -0.39 is 10.9 Å². The molecule has 0 aromatic heterocycles. The molecule has 0 aliphatic rings. The minimum absolute atomic E-state index is 0.0596. The lowest BCUT2D eigenvalue weighted by molar-refractivity contribution is -0.384. The monoisotopic (exact) mass is 217 g/mol. The van der Waals surface area contributed by atoms with Crippen molar-refractivity contribution in [3.8, 4) is 0 Å². The Balaban J connectivity index is 0.000000364. The van der Waals surface area contributed by atoms with Gasteiger partial charge in [-0.25, -0.2) is 0 Å². The lowest BCUT2D eigenvalue weighted by atomic mass is 10.3. The molecule has 0 fully saturated rings. The topological polar surface area (TPSA) is 80.4 Å². The number of benzene rings is 1. The molecule has 1 N–H and O–H groups in total. The van der Waals surface area contributed by atoms with Gasteiger partial charge < -0.3 is 5.11 Å². The van der Waals surface area contributed by atoms with Crippen LogP contribution in [0.25, 0.3) is 0 Å². The summed E-state index contributed by atoms with van der Waals surface area (Å²) in [6, 6.07) is 5.70. The Morgan fingerprint density at radius 2 is 1.79 bits per heavy atom. The van der Waals surface area contributed by atoms with Crippen LogP contribution >= 0.6 is 11.6 Å². The molecule has 0 spiro atoms. The van der Waals surface area contributed by atoms with E-state index in [2.05, 4.69) is 0 Å². The first-order valence-electron chi connectivity index (χ1n) is 3.53. The van der Waals surface area contributed by atoms with Crippen LogP contribution in [0.5, 0.6) is 0 Å². The van der Waals surface area contributed by atoms with Gasteiger partial charge in [0.25, 0.3) is 11.7 Å². The average molecular weight is 218 g/mol. The summed E-state index contributed by atoms with van der Waals surface area (Å²) in [7, 11) is 0. The summed E-state index contributed by atoms with van der Waals surface area (Å²) in [6.07, 6.45) is 0. The molecule has 0 bridgehead atoms. The lowest BCUT2D eigenvalue weighted by Gasteiger charge is -1.88. The normalized spacial score (nSPS) is 8.43. The first-order chi connectivity index (χ1) is 6.43. The number of nitro benzene ring substituents is 1. The molecule has 6 heteroatoms. The van der Waals surface area contributed by atoms with Gasteiger partial charge in [0.2, 0.25) is 0 Å². The van der Waals surface area contributed by atoms with Crippen molar-refractivity contribution in [2.45, 2.75) is 6.92 Å². The van der Waals surface area contributed by atoms with E-state index in [0.29, 0.717) is 5.02 Å². The third-order valence-electron chi connectivity index (χ3n) is 1.04. The number of hydrogen-bond acceptors (Lipinski definition) is 3. The van der Waals surface area contributed by atoms with Crippen molar-refractivity contribution < 1.29 is 14.8 Å². The molecule has 0 amide bonds. The summed E-state index contributed by atoms with van der Waals surface area (Å²) in [5.74, 6) is -0.833. The van der Waals surface area contributed by atoms with Crippen LogP contribution in [0.3, 0.4) is 0 Å². The number of aliphatic carboxylic acids is 1. The highest BCUT2D eigenvalue weighted by Gasteiger charge is 2.01. The summed E-state index contributed by atoms with van der Waals surface area (Å²) in [4.78, 5) is 18.6. The Morgan fingerprint density at radius 1 is 1.43 bits per heavy atom. The number of non-ortho nitro benzene ring substituents is 1. The van der Waals surface area contributed by atoms with Crippen LogP contribution in [-0.2, 0) is 4.79 Å². The van der Waals surface area contributed by atoms with Crippen molar-refractivity contribution >= 4 is 23.3 Å². The number of nitrogens with zero attached hydrogens (tertiary/aromatic N) is 1. The van der Waals surface area contributed by atoms with Crippen molar-refractivity contribution in [3.63, 3.8) is 0 Å². The largest absolute Gasteiger partial charge is 0.481 e. The van der Waals surface area contributed by atoms with Crippen LogP contribution < -0.4 is 0 Å². The van der Waals surface area contributed by atoms with Crippen LogP contribution in [0.2, 0.25) is 5.02 Å². The SMILES string of the molecule is CC(=O)O.O=[N+]([O-])c1ccc(Cl)cc1. The van der Waals surface area contributed by atoms with Crippen LogP contribution in [0, 0.1) is 10.1 Å². The van der Waals surface area contributed by atoms with Gasteiger partial charge in [-0.1, -0.05) is 11.6 Å². The maximum Gasteiger partial charge on any atom is 0.300 e. The Kier molecular flexibility index (Phi) is 5.24. The minimum Gasteiger partial charge on any atom is -0.481 e. The van der Waals surface area contributed by atoms with Crippen molar-refractivity contribution in [2.75, 3.05) is 0 Å². The fourth-order valence-corrected chi connectivity index (χ4v) is 0.689. The van der Waals surface area contributed by atoms with E-state index >= 15 is 0 Å². The Hall–Kier alpha value is -1.62. The standard InChI is InChI=1S/C6H4ClNO2.C2H4O2/c7-5-1-3-6(4-2-5)8(9)10;1-2(3)4/h1-4H;1H3,(H,3,4). The first-order valence-corrected chi connectivity index (χ1v) is 3.90. The van der Waals surface area contributed by atoms with Gasteiger partial charge in [0.15, 0.2) is 0 Å². The zero-order chi connectivity index (χ0) is 11.1. The summed E-state index contributed by atoms with van der Waals surface area (Å²) >= 11 is 5.49. The lowest BCUT2D eigenvalue weighted by Crippen LogP contribution is -1.85. The molecule has 0 unspecified atom stereocenters. The van der Waals surface area contributed by atoms with Crippen molar-refractivity contribution in [2.24, 2.45) is 0 Å². The maximum atomic E-state index is 10.1. The molecule has 1 aromatic carbocycles. The zero-order valence-corrected chi connectivity index (χ0v) is 8.06. The van der Waals surface area contributed by atoms with Gasteiger partial charge in [-0.15, -0.1) is 0 Å². The third kappa shape index (κ3) is 5.96. The fraction of sp³-hybridized carbons (Fsp3) is 0.125. The number of nitro groups is 1. The molecule has 5 nitrogen and oxygen atoms in total. The molecule has 76 valence electrons. The average Bonchev–Trinajstić information content (AvgIpc) is 2.03. The van der Waals surface area contributed by atoms with Gasteiger partial charge >= 0.3 is 0 Å². The first kappa shape index (κ1) is 12.4. The minimum atomic E-state index is -0.833. The van der Waals surface area contributed by atoms with Crippen LogP contribution in [0.1, 0.15) is 6.92 Å². The van der Waals surface area contributed by atoms with Gasteiger partial charge in [-0.2, -0.15) is 0 Å². The van der Waals surface area contributed by atoms with E-state index in [-0.39, 0.29) is 5.69 Å². The molecule has 1 aromatic rings. The number of halogens is 1. The molecular weight excluding hydrogens is 210 g/mol. The highest BCUT2D eigenvalue weighted by molar-refractivity contribution is 6.30. The molecule has 0 atom stereocenters. The van der Waals surface area contributed by atoms with Gasteiger partial charge in [0.1, 0.15) is 0 Å². The molecule has 0 aliphatic heterocycles. The van der Waals surface area contributed by atoms with Crippen LogP contribution in [0.4, 0.5) is 5.69 Å². The van der Waals surface area contributed by atoms with Crippen LogP contribution in [-0.4, -0.2) is 16.0 Å². The second-order valence-electron chi connectivity index (χ2n) is 2.25. The van der Waals surface area contributed by atoms with Crippen molar-refractivity contribution in [3.05, 3.63) is 39.4 Å². The smallest absolute Gasteiger partial charge is 0.300 e. The summed E-state index contributed by atoms with van der Waals surface area (Å²) in [5, 5.41) is 18.0. The zero-order valence-electron chi connectivity index (χ0n) is 7.31. The van der Waals surface area contributed by atoms with E-state index in [1.807, 2.05) is 0 Å². The molecule has 0 heterocycles. The van der Waals surface area contributed by atoms with Gasteiger partial charge in [0.05, 0.1) is 4.92 Å². The highest BCUT2D eigenvalue weighted by Crippen LogP contribution is 2.14. The van der Waals surface area contributed by atoms with E-state index in [0.717, 1.165) is 6.92 Å². The summed E-state index contributed by atoms with van der Waals surface area (Å²) < 4.78 is 0. The summed E-state index contributed by atoms with van der Waals surface area (Å²) in [6.45, 7) is 1.08. The number of hydrogen-bond donors (Lipinski definition) is 1. The van der Waals surface area contributed by atoms with Crippen molar-refractivity contribution in [1.29, 1.82) is 0 Å². The van der Waals surface area contributed by atoms with Gasteiger partial charge in [-0.3, -0.25) is 14.9 Å². The molecular formula is C8H8ClNO4. The van der Waals surface area contributed by atoms with E-state index in [4.69, 9.17) is 21.5 Å². The van der Waals surface area contributed by atoms with E-state index in [1.54, 1.807) is 0 Å². The maximum absolute atomic E-state index is 10.1. The van der Waals surface area contributed by atoms with E-state index in [1.165, 1.54) is 24.3 Å². The Morgan fingerprint density at radius 3 is 2.07 bits per heavy atom. The number of carboxylic acid groups (broad SMARTS) is 1. The molecule has 1 rings (SSSR count). The predicted molar refractivity (Wildman–Crippen MR) is 51.4 cm³/mol. The van der Waals surface area contributed by atoms with Crippen LogP contribution in [0.15, 0.2) is 24.3 Å². The number of carbonyl (C=O) groups is 1. The molecule has 0 saturated carbocycles. The van der Waals surface area contributed by atoms with Gasteiger partial charge in [-0.05, 0) is 12.1 Å². The molecule has 0 radical (unpaired) electrons. The number of carboxylic acids is 1. The molecule has 14 heavy (non-hydrogen) atoms. The van der Waals surface area contributed by atoms with Gasteiger partial charge in [0, 0.05) is 24.1 Å². The summed E-state index contributed by atoms with van der Waals surface area (Å²) in [5.41, 5.74) is 0.0596. The third-order valence-corrected chi connectivity index (χ3v) is 1.29. The predicted octanol–water partition coefficient (Wildman–Crippen LogP) is 2.34. The second kappa shape index (κ2) is 5.93. The van der Waals surface area contributed by atoms with Crippen molar-refractivity contribution in [1.82, 2.24) is 0 Å². The Labute approximate surface area is 85.1 Å². The highest BCUT2D eigenvalue weighted by atomic mass is 35.5.